The molecule has 0 spiro atoms. The molecule has 0 unspecified atom stereocenters. The number of nitrogens with one attached hydrogen (secondary N) is 1. The number of pyridine rings is 1. The Hall–Kier alpha value is -1.82. The van der Waals surface area contributed by atoms with Crippen molar-refractivity contribution < 1.29 is 14.7 Å². The molecule has 1 aromatic heterocycles. The van der Waals surface area contributed by atoms with Crippen molar-refractivity contribution in [2.75, 3.05) is 18.6 Å². The van der Waals surface area contributed by atoms with Gasteiger partial charge in [0, 0.05) is 41.9 Å². The number of carbonyl (C=O) groups excluding carboxylic acids is 1. The minimum Gasteiger partial charge on any atom is -0.478 e. The van der Waals surface area contributed by atoms with Gasteiger partial charge in [-0.05, 0) is 18.4 Å². The highest BCUT2D eigenvalue weighted by Gasteiger charge is 2.08. The van der Waals surface area contributed by atoms with E-state index >= 15 is 0 Å². The number of carboxylic acid groups (broad SMARTS) is 1. The smallest absolute Gasteiger partial charge is 0.328 e. The van der Waals surface area contributed by atoms with Crippen LogP contribution in [0.15, 0.2) is 24.5 Å². The molecule has 96 valence electrons. The van der Waals surface area contributed by atoms with Crippen molar-refractivity contribution in [2.45, 2.75) is 0 Å². The number of carboxylic acids is 1. The van der Waals surface area contributed by atoms with Crippen LogP contribution in [0.2, 0.25) is 0 Å². The molecular weight excluding hydrogens is 252 g/mol. The average Bonchev–Trinajstić information content (AvgIpc) is 2.37. The Bertz CT molecular complexity index is 460. The minimum atomic E-state index is -1.06. The van der Waals surface area contributed by atoms with E-state index in [1.807, 2.05) is 6.26 Å². The molecule has 0 aliphatic rings. The number of aromatic nitrogens is 1. The molecule has 0 fully saturated rings. The number of hydrogen-bond acceptors (Lipinski definition) is 4. The second-order valence-electron chi connectivity index (χ2n) is 3.38. The summed E-state index contributed by atoms with van der Waals surface area (Å²) >= 11 is 1.64. The summed E-state index contributed by atoms with van der Waals surface area (Å²) in [5.74, 6) is -0.457. The molecule has 1 amide bonds. The summed E-state index contributed by atoms with van der Waals surface area (Å²) in [6, 6.07) is 1.57. The molecule has 5 nitrogen and oxygen atoms in total. The zero-order chi connectivity index (χ0) is 13.4. The maximum Gasteiger partial charge on any atom is 0.328 e. The Kier molecular flexibility index (Phi) is 5.93. The van der Waals surface area contributed by atoms with Gasteiger partial charge in [0.1, 0.15) is 0 Å². The summed E-state index contributed by atoms with van der Waals surface area (Å²) < 4.78 is 0. The molecule has 0 aliphatic carbocycles. The van der Waals surface area contributed by atoms with E-state index in [1.54, 1.807) is 17.8 Å². The van der Waals surface area contributed by atoms with Crippen molar-refractivity contribution in [3.05, 3.63) is 35.7 Å². The second-order valence-corrected chi connectivity index (χ2v) is 4.37. The van der Waals surface area contributed by atoms with Crippen molar-refractivity contribution in [3.63, 3.8) is 0 Å². The van der Waals surface area contributed by atoms with Crippen molar-refractivity contribution in [1.82, 2.24) is 10.3 Å². The number of thioether (sulfide) groups is 1. The van der Waals surface area contributed by atoms with Crippen LogP contribution in [-0.2, 0) is 4.79 Å². The zero-order valence-corrected chi connectivity index (χ0v) is 10.7. The van der Waals surface area contributed by atoms with Crippen molar-refractivity contribution >= 4 is 29.7 Å². The highest BCUT2D eigenvalue weighted by Crippen LogP contribution is 2.09. The lowest BCUT2D eigenvalue weighted by molar-refractivity contribution is -0.131. The Morgan fingerprint density at radius 1 is 1.56 bits per heavy atom. The first-order chi connectivity index (χ1) is 8.65. The third-order valence-electron chi connectivity index (χ3n) is 2.09. The van der Waals surface area contributed by atoms with Gasteiger partial charge in [0.2, 0.25) is 0 Å². The van der Waals surface area contributed by atoms with Crippen LogP contribution in [0.4, 0.5) is 0 Å². The van der Waals surface area contributed by atoms with Crippen LogP contribution in [0.25, 0.3) is 6.08 Å². The molecule has 1 aromatic rings. The van der Waals surface area contributed by atoms with Gasteiger partial charge in [-0.15, -0.1) is 0 Å². The van der Waals surface area contributed by atoms with E-state index in [9.17, 15) is 9.59 Å². The lowest BCUT2D eigenvalue weighted by atomic mass is 10.1. The third kappa shape index (κ3) is 4.58. The first-order valence-corrected chi connectivity index (χ1v) is 6.66. The molecule has 0 aliphatic heterocycles. The number of rotatable bonds is 6. The van der Waals surface area contributed by atoms with E-state index < -0.39 is 5.97 Å². The predicted octanol–water partition coefficient (Wildman–Crippen LogP) is 1.27. The van der Waals surface area contributed by atoms with E-state index in [2.05, 4.69) is 10.3 Å². The maximum atomic E-state index is 11.9. The van der Waals surface area contributed by atoms with Gasteiger partial charge in [-0.1, -0.05) is 0 Å². The Morgan fingerprint density at radius 2 is 2.33 bits per heavy atom. The Labute approximate surface area is 109 Å². The van der Waals surface area contributed by atoms with Crippen LogP contribution >= 0.6 is 11.8 Å². The van der Waals surface area contributed by atoms with Gasteiger partial charge in [-0.25, -0.2) is 4.79 Å². The molecule has 0 saturated heterocycles. The molecule has 0 aromatic carbocycles. The molecular formula is C12H14N2O3S. The van der Waals surface area contributed by atoms with Gasteiger partial charge in [-0.2, -0.15) is 11.8 Å². The van der Waals surface area contributed by atoms with Gasteiger partial charge >= 0.3 is 5.97 Å². The first-order valence-electron chi connectivity index (χ1n) is 5.27. The lowest BCUT2D eigenvalue weighted by Gasteiger charge is -2.06. The van der Waals surface area contributed by atoms with Crippen LogP contribution < -0.4 is 5.32 Å². The summed E-state index contributed by atoms with van der Waals surface area (Å²) in [4.78, 5) is 26.2. The van der Waals surface area contributed by atoms with Crippen LogP contribution in [0, 0.1) is 0 Å². The van der Waals surface area contributed by atoms with E-state index in [-0.39, 0.29) is 5.91 Å². The van der Waals surface area contributed by atoms with Crippen molar-refractivity contribution in [1.29, 1.82) is 0 Å². The van der Waals surface area contributed by atoms with Gasteiger partial charge in [0.05, 0.1) is 0 Å². The Morgan fingerprint density at radius 3 is 3.00 bits per heavy atom. The number of nitrogens with zero attached hydrogens (tertiary/aromatic N) is 1. The van der Waals surface area contributed by atoms with Crippen LogP contribution in [0.3, 0.4) is 0 Å². The van der Waals surface area contributed by atoms with E-state index in [0.29, 0.717) is 17.7 Å². The van der Waals surface area contributed by atoms with E-state index in [4.69, 9.17) is 5.11 Å². The minimum absolute atomic E-state index is 0.225. The van der Waals surface area contributed by atoms with E-state index in [1.165, 1.54) is 18.5 Å². The summed E-state index contributed by atoms with van der Waals surface area (Å²) in [7, 11) is 0. The second kappa shape index (κ2) is 7.50. The van der Waals surface area contributed by atoms with Gasteiger partial charge in [-0.3, -0.25) is 9.78 Å². The molecule has 18 heavy (non-hydrogen) atoms. The number of amides is 1. The SMILES string of the molecule is CSCCNC(=O)c1ccncc1C=CC(=O)O. The van der Waals surface area contributed by atoms with Crippen molar-refractivity contribution in [3.8, 4) is 0 Å². The van der Waals surface area contributed by atoms with Crippen LogP contribution in [-0.4, -0.2) is 40.5 Å². The van der Waals surface area contributed by atoms with Gasteiger partial charge in [0.15, 0.2) is 0 Å². The highest BCUT2D eigenvalue weighted by molar-refractivity contribution is 7.98. The average molecular weight is 266 g/mol. The molecule has 0 saturated carbocycles. The monoisotopic (exact) mass is 266 g/mol. The molecule has 1 heterocycles. The summed E-state index contributed by atoms with van der Waals surface area (Å²) in [6.07, 6.45) is 7.26. The summed E-state index contributed by atoms with van der Waals surface area (Å²) in [5, 5.41) is 11.3. The lowest BCUT2D eigenvalue weighted by Crippen LogP contribution is -2.26. The normalized spacial score (nSPS) is 10.5. The fraction of sp³-hybridized carbons (Fsp3) is 0.250. The Balaban J connectivity index is 2.81. The van der Waals surface area contributed by atoms with Gasteiger partial charge < -0.3 is 10.4 Å². The third-order valence-corrected chi connectivity index (χ3v) is 2.71. The zero-order valence-electron chi connectivity index (χ0n) is 9.92. The molecule has 2 N–H and O–H groups in total. The molecule has 6 heteroatoms. The standard InChI is InChI=1S/C12H14N2O3S/c1-18-7-6-14-12(17)10-4-5-13-8-9(10)2-3-11(15)16/h2-5,8H,6-7H2,1H3,(H,14,17)(H,15,16). The van der Waals surface area contributed by atoms with Crippen LogP contribution in [0.1, 0.15) is 15.9 Å². The highest BCUT2D eigenvalue weighted by atomic mass is 32.2. The number of carbonyl (C=O) groups is 2. The summed E-state index contributed by atoms with van der Waals surface area (Å²) in [5.41, 5.74) is 0.908. The maximum absolute atomic E-state index is 11.9. The fourth-order valence-corrected chi connectivity index (χ4v) is 1.58. The fourth-order valence-electron chi connectivity index (χ4n) is 1.27. The largest absolute Gasteiger partial charge is 0.478 e. The number of hydrogen-bond donors (Lipinski definition) is 2. The van der Waals surface area contributed by atoms with Crippen LogP contribution in [0.5, 0.6) is 0 Å². The predicted molar refractivity (Wildman–Crippen MR) is 71.6 cm³/mol. The molecule has 0 bridgehead atoms. The topological polar surface area (TPSA) is 79.3 Å². The molecule has 0 atom stereocenters. The summed E-state index contributed by atoms with van der Waals surface area (Å²) in [6.45, 7) is 0.574. The molecule has 1 rings (SSSR count). The number of aliphatic carboxylic acids is 1. The van der Waals surface area contributed by atoms with Crippen molar-refractivity contribution in [2.24, 2.45) is 0 Å². The molecule has 0 radical (unpaired) electrons. The van der Waals surface area contributed by atoms with E-state index in [0.717, 1.165) is 11.8 Å². The first kappa shape index (κ1) is 14.2. The van der Waals surface area contributed by atoms with Gasteiger partial charge in [0.25, 0.3) is 5.91 Å². The quantitative estimate of drug-likeness (QED) is 0.599.